The second-order valence-corrected chi connectivity index (χ2v) is 6.07. The summed E-state index contributed by atoms with van der Waals surface area (Å²) in [5.74, 6) is 0.969. The Labute approximate surface area is 120 Å². The molecule has 0 aliphatic heterocycles. The second kappa shape index (κ2) is 6.55. The molecule has 0 bridgehead atoms. The summed E-state index contributed by atoms with van der Waals surface area (Å²) in [6.45, 7) is 6.20. The molecular weight excluding hydrogens is 257 g/mol. The molecular formula is C16H24FNO2. The van der Waals surface area contributed by atoms with Crippen molar-refractivity contribution in [3.8, 4) is 5.75 Å². The van der Waals surface area contributed by atoms with Crippen LogP contribution in [0.15, 0.2) is 24.3 Å². The minimum absolute atomic E-state index is 0.216. The summed E-state index contributed by atoms with van der Waals surface area (Å²) < 4.78 is 18.1. The van der Waals surface area contributed by atoms with E-state index in [-0.39, 0.29) is 12.4 Å². The molecule has 0 amide bonds. The third-order valence-electron chi connectivity index (χ3n) is 4.23. The van der Waals surface area contributed by atoms with E-state index >= 15 is 0 Å². The van der Waals surface area contributed by atoms with Crippen LogP contribution in [0, 0.1) is 17.2 Å². The predicted octanol–water partition coefficient (Wildman–Crippen LogP) is 2.59. The molecule has 0 spiro atoms. The lowest BCUT2D eigenvalue weighted by Gasteiger charge is -2.21. The number of hydrogen-bond acceptors (Lipinski definition) is 3. The molecule has 1 saturated carbocycles. The van der Waals surface area contributed by atoms with Gasteiger partial charge in [0.05, 0.1) is 0 Å². The number of rotatable bonds is 8. The Hall–Kier alpha value is -1.13. The van der Waals surface area contributed by atoms with Crippen LogP contribution in [0.25, 0.3) is 0 Å². The number of ether oxygens (including phenoxy) is 1. The van der Waals surface area contributed by atoms with Crippen LogP contribution in [-0.2, 0) is 0 Å². The third-order valence-corrected chi connectivity index (χ3v) is 4.23. The van der Waals surface area contributed by atoms with E-state index in [1.54, 1.807) is 12.1 Å². The molecule has 112 valence electrons. The maximum atomic E-state index is 12.7. The summed E-state index contributed by atoms with van der Waals surface area (Å²) >= 11 is 0. The zero-order valence-corrected chi connectivity index (χ0v) is 12.2. The quantitative estimate of drug-likeness (QED) is 0.769. The van der Waals surface area contributed by atoms with Gasteiger partial charge in [0.2, 0.25) is 0 Å². The van der Waals surface area contributed by atoms with Gasteiger partial charge in [-0.2, -0.15) is 0 Å². The first kappa shape index (κ1) is 15.3. The Bertz CT molecular complexity index is 415. The molecule has 3 nitrogen and oxygen atoms in total. The van der Waals surface area contributed by atoms with Gasteiger partial charge in [0.25, 0.3) is 0 Å². The summed E-state index contributed by atoms with van der Waals surface area (Å²) in [7, 11) is 0. The summed E-state index contributed by atoms with van der Waals surface area (Å²) in [5.41, 5.74) is 0.442. The standard InChI is InChI=1S/C16H24FNO2/c1-12(2)16(7-8-16)11-18-9-14(19)10-20-15-5-3-13(17)4-6-15/h3-6,12,14,18-19H,7-11H2,1-2H3. The van der Waals surface area contributed by atoms with E-state index in [0.29, 0.717) is 23.6 Å². The van der Waals surface area contributed by atoms with Crippen LogP contribution in [0.5, 0.6) is 5.75 Å². The van der Waals surface area contributed by atoms with Crippen LogP contribution in [0.3, 0.4) is 0 Å². The van der Waals surface area contributed by atoms with Gasteiger partial charge in [0.1, 0.15) is 24.3 Å². The van der Waals surface area contributed by atoms with Crippen LogP contribution in [0.1, 0.15) is 26.7 Å². The van der Waals surface area contributed by atoms with Crippen LogP contribution in [-0.4, -0.2) is 30.9 Å². The van der Waals surface area contributed by atoms with E-state index < -0.39 is 6.10 Å². The molecule has 0 aromatic heterocycles. The monoisotopic (exact) mass is 281 g/mol. The zero-order valence-electron chi connectivity index (χ0n) is 12.2. The van der Waals surface area contributed by atoms with E-state index in [1.165, 1.54) is 25.0 Å². The fourth-order valence-electron chi connectivity index (χ4n) is 2.39. The van der Waals surface area contributed by atoms with Crippen LogP contribution in [0.2, 0.25) is 0 Å². The molecule has 0 heterocycles. The van der Waals surface area contributed by atoms with Gasteiger partial charge in [-0.25, -0.2) is 4.39 Å². The Morgan fingerprint density at radius 2 is 1.95 bits per heavy atom. The average molecular weight is 281 g/mol. The number of benzene rings is 1. The van der Waals surface area contributed by atoms with Crippen molar-refractivity contribution in [3.05, 3.63) is 30.1 Å². The van der Waals surface area contributed by atoms with Crippen molar-refractivity contribution >= 4 is 0 Å². The molecule has 1 aromatic carbocycles. The lowest BCUT2D eigenvalue weighted by atomic mass is 9.92. The van der Waals surface area contributed by atoms with Gasteiger partial charge < -0.3 is 15.2 Å². The molecule has 0 saturated heterocycles. The molecule has 1 aliphatic rings. The number of aliphatic hydroxyl groups excluding tert-OH is 1. The molecule has 1 aromatic rings. The average Bonchev–Trinajstić information content (AvgIpc) is 3.19. The van der Waals surface area contributed by atoms with E-state index in [2.05, 4.69) is 19.2 Å². The highest BCUT2D eigenvalue weighted by molar-refractivity contribution is 5.22. The van der Waals surface area contributed by atoms with Gasteiger partial charge in [-0.05, 0) is 48.4 Å². The number of hydrogen-bond donors (Lipinski definition) is 2. The summed E-state index contributed by atoms with van der Waals surface area (Å²) in [6.07, 6.45) is 2.00. The summed E-state index contributed by atoms with van der Waals surface area (Å²) in [5, 5.41) is 13.2. The first-order valence-corrected chi connectivity index (χ1v) is 7.29. The van der Waals surface area contributed by atoms with Crippen LogP contribution in [0.4, 0.5) is 4.39 Å². The predicted molar refractivity (Wildman–Crippen MR) is 77.3 cm³/mol. The third kappa shape index (κ3) is 4.18. The molecule has 1 aliphatic carbocycles. The van der Waals surface area contributed by atoms with Crippen molar-refractivity contribution in [1.82, 2.24) is 5.32 Å². The molecule has 1 unspecified atom stereocenters. The Kier molecular flexibility index (Phi) is 5.00. The van der Waals surface area contributed by atoms with Gasteiger partial charge in [0.15, 0.2) is 0 Å². The van der Waals surface area contributed by atoms with Crippen molar-refractivity contribution in [3.63, 3.8) is 0 Å². The first-order chi connectivity index (χ1) is 9.52. The van der Waals surface area contributed by atoms with E-state index in [0.717, 1.165) is 6.54 Å². The number of nitrogens with one attached hydrogen (secondary N) is 1. The smallest absolute Gasteiger partial charge is 0.123 e. The Morgan fingerprint density at radius 1 is 1.30 bits per heavy atom. The second-order valence-electron chi connectivity index (χ2n) is 6.07. The molecule has 2 N–H and O–H groups in total. The van der Waals surface area contributed by atoms with Crippen molar-refractivity contribution in [1.29, 1.82) is 0 Å². The van der Waals surface area contributed by atoms with Gasteiger partial charge in [-0.3, -0.25) is 0 Å². The lowest BCUT2D eigenvalue weighted by Crippen LogP contribution is -2.36. The molecule has 0 radical (unpaired) electrons. The van der Waals surface area contributed by atoms with Crippen molar-refractivity contribution < 1.29 is 14.2 Å². The fourth-order valence-corrected chi connectivity index (χ4v) is 2.39. The van der Waals surface area contributed by atoms with Crippen molar-refractivity contribution in [2.45, 2.75) is 32.8 Å². The van der Waals surface area contributed by atoms with Crippen molar-refractivity contribution in [2.75, 3.05) is 19.7 Å². The normalized spacial score (nSPS) is 18.1. The van der Waals surface area contributed by atoms with E-state index in [9.17, 15) is 9.50 Å². The minimum Gasteiger partial charge on any atom is -0.491 e. The Morgan fingerprint density at radius 3 is 2.50 bits per heavy atom. The fraction of sp³-hybridized carbons (Fsp3) is 0.625. The van der Waals surface area contributed by atoms with Crippen LogP contribution >= 0.6 is 0 Å². The summed E-state index contributed by atoms with van der Waals surface area (Å²) in [4.78, 5) is 0. The van der Waals surface area contributed by atoms with Crippen molar-refractivity contribution in [2.24, 2.45) is 11.3 Å². The summed E-state index contributed by atoms with van der Waals surface area (Å²) in [6, 6.07) is 5.82. The lowest BCUT2D eigenvalue weighted by molar-refractivity contribution is 0.104. The van der Waals surface area contributed by atoms with E-state index in [1.807, 2.05) is 0 Å². The maximum absolute atomic E-state index is 12.7. The molecule has 1 atom stereocenters. The highest BCUT2D eigenvalue weighted by Crippen LogP contribution is 2.51. The first-order valence-electron chi connectivity index (χ1n) is 7.29. The topological polar surface area (TPSA) is 41.5 Å². The SMILES string of the molecule is CC(C)C1(CNCC(O)COc2ccc(F)cc2)CC1. The molecule has 1 fully saturated rings. The number of halogens is 1. The minimum atomic E-state index is -0.553. The Balaban J connectivity index is 1.63. The highest BCUT2D eigenvalue weighted by atomic mass is 19.1. The van der Waals surface area contributed by atoms with Gasteiger partial charge in [-0.15, -0.1) is 0 Å². The van der Waals surface area contributed by atoms with Gasteiger partial charge in [-0.1, -0.05) is 13.8 Å². The largest absolute Gasteiger partial charge is 0.491 e. The van der Waals surface area contributed by atoms with Gasteiger partial charge >= 0.3 is 0 Å². The zero-order chi connectivity index (χ0) is 14.6. The highest BCUT2D eigenvalue weighted by Gasteiger charge is 2.44. The maximum Gasteiger partial charge on any atom is 0.123 e. The molecule has 4 heteroatoms. The molecule has 2 rings (SSSR count). The van der Waals surface area contributed by atoms with E-state index in [4.69, 9.17) is 4.74 Å². The number of aliphatic hydroxyl groups is 1. The van der Waals surface area contributed by atoms with Gasteiger partial charge in [0, 0.05) is 13.1 Å². The molecule has 20 heavy (non-hydrogen) atoms. The van der Waals surface area contributed by atoms with Crippen LogP contribution < -0.4 is 10.1 Å².